The minimum Gasteiger partial charge on any atom is -0.320 e. The molecule has 42 heavy (non-hydrogen) atoms. The van der Waals surface area contributed by atoms with Crippen LogP contribution in [0.1, 0.15) is 45.7 Å². The lowest BCUT2D eigenvalue weighted by atomic mass is 10.0. The zero-order valence-electron chi connectivity index (χ0n) is 23.7. The molecule has 2 aromatic carbocycles. The smallest absolute Gasteiger partial charge is 0.320 e. The summed E-state index contributed by atoms with van der Waals surface area (Å²) in [5, 5.41) is 2.92. The number of carbonyl (C=O) groups is 2. The number of hydrogen-bond donors (Lipinski definition) is 1. The fourth-order valence-electron chi connectivity index (χ4n) is 5.20. The van der Waals surface area contributed by atoms with E-state index in [9.17, 15) is 22.8 Å². The first-order chi connectivity index (χ1) is 20.0. The molecule has 8 nitrogen and oxygen atoms in total. The Morgan fingerprint density at radius 3 is 2.57 bits per heavy atom. The van der Waals surface area contributed by atoms with E-state index in [4.69, 9.17) is 0 Å². The summed E-state index contributed by atoms with van der Waals surface area (Å²) in [6.07, 6.45) is -0.772. The van der Waals surface area contributed by atoms with Crippen LogP contribution in [0.25, 0.3) is 5.65 Å². The molecule has 1 aliphatic rings. The van der Waals surface area contributed by atoms with Crippen molar-refractivity contribution in [3.05, 3.63) is 94.9 Å². The van der Waals surface area contributed by atoms with Gasteiger partial charge in [-0.3, -0.25) is 18.9 Å². The monoisotopic (exact) mass is 578 g/mol. The summed E-state index contributed by atoms with van der Waals surface area (Å²) in [4.78, 5) is 35.4. The number of anilines is 2. The molecule has 1 saturated heterocycles. The minimum absolute atomic E-state index is 0.161. The minimum atomic E-state index is -4.57. The van der Waals surface area contributed by atoms with Crippen molar-refractivity contribution >= 4 is 29.3 Å². The number of hydrogen-bond acceptors (Lipinski definition) is 5. The van der Waals surface area contributed by atoms with Crippen molar-refractivity contribution < 1.29 is 22.8 Å². The summed E-state index contributed by atoms with van der Waals surface area (Å²) >= 11 is 0. The zero-order valence-corrected chi connectivity index (χ0v) is 23.7. The molecule has 0 bridgehead atoms. The highest BCUT2D eigenvalue weighted by Crippen LogP contribution is 2.36. The molecule has 5 rings (SSSR count). The predicted octanol–water partition coefficient (Wildman–Crippen LogP) is 5.39. The van der Waals surface area contributed by atoms with E-state index in [2.05, 4.69) is 20.1 Å². The van der Waals surface area contributed by atoms with Crippen LogP contribution in [0.2, 0.25) is 0 Å². The Morgan fingerprint density at radius 2 is 1.86 bits per heavy atom. The normalized spacial score (nSPS) is 15.5. The average Bonchev–Trinajstić information content (AvgIpc) is 3.40. The standard InChI is InChI=1S/C31H33F3N6O2/c1-21-7-8-24(16-27(21)36-30(42)28-18-35-29-6-4-5-9-39(28)29)22(2)40(20-41)26-15-23(14-25(17-26)31(32,33)34)19-38-12-10-37(3)11-13-38/h4-9,14-18,20,22H,10-13,19H2,1-3H3,(H,36,42)/t22-/m0/s1. The molecule has 11 heteroatoms. The number of piperazine rings is 1. The van der Waals surface area contributed by atoms with Gasteiger partial charge >= 0.3 is 6.18 Å². The Kier molecular flexibility index (Phi) is 8.33. The maximum atomic E-state index is 13.9. The van der Waals surface area contributed by atoms with Crippen molar-refractivity contribution in [3.63, 3.8) is 0 Å². The van der Waals surface area contributed by atoms with E-state index in [0.717, 1.165) is 43.9 Å². The Balaban J connectivity index is 1.42. The molecule has 220 valence electrons. The van der Waals surface area contributed by atoms with E-state index in [1.54, 1.807) is 47.9 Å². The van der Waals surface area contributed by atoms with Crippen molar-refractivity contribution in [1.29, 1.82) is 0 Å². The number of likely N-dealkylation sites (N-methyl/N-ethyl adjacent to an activating group) is 1. The van der Waals surface area contributed by atoms with Crippen LogP contribution in [-0.4, -0.2) is 64.7 Å². The Labute approximate surface area is 242 Å². The molecule has 1 N–H and O–H groups in total. The molecular formula is C31H33F3N6O2. The maximum Gasteiger partial charge on any atom is 0.416 e. The highest BCUT2D eigenvalue weighted by atomic mass is 19.4. The van der Waals surface area contributed by atoms with E-state index in [1.807, 2.05) is 26.1 Å². The van der Waals surface area contributed by atoms with Crippen molar-refractivity contribution in [3.8, 4) is 0 Å². The van der Waals surface area contributed by atoms with Gasteiger partial charge in [0.05, 0.1) is 17.8 Å². The first-order valence-electron chi connectivity index (χ1n) is 13.7. The molecule has 0 saturated carbocycles. The largest absolute Gasteiger partial charge is 0.416 e. The second kappa shape index (κ2) is 11.9. The highest BCUT2D eigenvalue weighted by Gasteiger charge is 2.32. The van der Waals surface area contributed by atoms with Crippen LogP contribution >= 0.6 is 0 Å². The fraction of sp³-hybridized carbons (Fsp3) is 0.323. The third-order valence-corrected chi connectivity index (χ3v) is 7.78. The third kappa shape index (κ3) is 6.32. The van der Waals surface area contributed by atoms with Crippen LogP contribution in [0.15, 0.2) is 67.0 Å². The van der Waals surface area contributed by atoms with Gasteiger partial charge in [0.15, 0.2) is 0 Å². The lowest BCUT2D eigenvalue weighted by Gasteiger charge is -2.33. The molecule has 0 spiro atoms. The van der Waals surface area contributed by atoms with Crippen molar-refractivity contribution in [2.24, 2.45) is 0 Å². The van der Waals surface area contributed by atoms with Crippen molar-refractivity contribution in [2.45, 2.75) is 32.6 Å². The summed E-state index contributed by atoms with van der Waals surface area (Å²) < 4.78 is 43.5. The number of carbonyl (C=O) groups excluding carboxylic acids is 2. The first kappa shape index (κ1) is 29.3. The summed E-state index contributed by atoms with van der Waals surface area (Å²) in [7, 11) is 2.02. The summed E-state index contributed by atoms with van der Waals surface area (Å²) in [6.45, 7) is 7.13. The third-order valence-electron chi connectivity index (χ3n) is 7.78. The summed E-state index contributed by atoms with van der Waals surface area (Å²) in [5.74, 6) is -0.361. The number of pyridine rings is 1. The number of fused-ring (bicyclic) bond motifs is 1. The van der Waals surface area contributed by atoms with E-state index < -0.39 is 17.8 Å². The Hall–Kier alpha value is -4.22. The number of amides is 2. The topological polar surface area (TPSA) is 73.2 Å². The van der Waals surface area contributed by atoms with Gasteiger partial charge in [-0.05, 0) is 74.0 Å². The number of rotatable bonds is 8. The SMILES string of the molecule is Cc1ccc([C@H](C)N(C=O)c2cc(CN3CCN(C)CC3)cc(C(F)(F)F)c2)cc1NC(=O)c1cnc2ccccn12. The van der Waals surface area contributed by atoms with E-state index in [1.165, 1.54) is 11.1 Å². The number of benzene rings is 2. The molecule has 0 radical (unpaired) electrons. The maximum absolute atomic E-state index is 13.9. The van der Waals surface area contributed by atoms with E-state index in [-0.39, 0.29) is 11.6 Å². The van der Waals surface area contributed by atoms with Crippen LogP contribution in [0.3, 0.4) is 0 Å². The van der Waals surface area contributed by atoms with E-state index >= 15 is 0 Å². The molecule has 2 amide bonds. The Morgan fingerprint density at radius 1 is 1.10 bits per heavy atom. The second-order valence-electron chi connectivity index (χ2n) is 10.8. The number of aryl methyl sites for hydroxylation is 1. The number of halogens is 3. The van der Waals surface area contributed by atoms with Gasteiger partial charge in [-0.2, -0.15) is 13.2 Å². The molecule has 0 aliphatic carbocycles. The van der Waals surface area contributed by atoms with Gasteiger partial charge in [-0.15, -0.1) is 0 Å². The number of imidazole rings is 1. The molecule has 2 aromatic heterocycles. The molecule has 1 atom stereocenters. The number of nitrogens with zero attached hydrogens (tertiary/aromatic N) is 5. The van der Waals surface area contributed by atoms with Crippen LogP contribution < -0.4 is 10.2 Å². The second-order valence-corrected chi connectivity index (χ2v) is 10.8. The lowest BCUT2D eigenvalue weighted by molar-refractivity contribution is -0.137. The van der Waals surface area contributed by atoms with Crippen LogP contribution in [0, 0.1) is 6.92 Å². The van der Waals surface area contributed by atoms with E-state index in [0.29, 0.717) is 41.1 Å². The fourth-order valence-corrected chi connectivity index (χ4v) is 5.20. The number of nitrogens with one attached hydrogen (secondary N) is 1. The number of alkyl halides is 3. The van der Waals surface area contributed by atoms with Gasteiger partial charge in [-0.25, -0.2) is 4.98 Å². The van der Waals surface area contributed by atoms with Crippen LogP contribution in [0.4, 0.5) is 24.5 Å². The molecule has 3 heterocycles. The summed E-state index contributed by atoms with van der Waals surface area (Å²) in [5.41, 5.74) is 2.82. The zero-order chi connectivity index (χ0) is 30.0. The average molecular weight is 579 g/mol. The van der Waals surface area contributed by atoms with Gasteiger partial charge < -0.3 is 15.1 Å². The molecule has 1 aliphatic heterocycles. The molecule has 4 aromatic rings. The summed E-state index contributed by atoms with van der Waals surface area (Å²) in [6, 6.07) is 14.0. The van der Waals surface area contributed by atoms with Gasteiger partial charge in [0, 0.05) is 50.3 Å². The first-order valence-corrected chi connectivity index (χ1v) is 13.7. The lowest BCUT2D eigenvalue weighted by Crippen LogP contribution is -2.43. The van der Waals surface area contributed by atoms with Crippen LogP contribution in [0.5, 0.6) is 0 Å². The van der Waals surface area contributed by atoms with Gasteiger partial charge in [0.1, 0.15) is 11.3 Å². The molecule has 0 unspecified atom stereocenters. The van der Waals surface area contributed by atoms with Crippen LogP contribution in [-0.2, 0) is 17.5 Å². The van der Waals surface area contributed by atoms with Crippen molar-refractivity contribution in [1.82, 2.24) is 19.2 Å². The van der Waals surface area contributed by atoms with Gasteiger partial charge in [-0.1, -0.05) is 18.2 Å². The highest BCUT2D eigenvalue weighted by molar-refractivity contribution is 6.04. The van der Waals surface area contributed by atoms with Gasteiger partial charge in [0.2, 0.25) is 6.41 Å². The van der Waals surface area contributed by atoms with Crippen molar-refractivity contribution in [2.75, 3.05) is 43.4 Å². The molecule has 1 fully saturated rings. The number of aromatic nitrogens is 2. The Bertz CT molecular complexity index is 1590. The molecular weight excluding hydrogens is 545 g/mol. The van der Waals surface area contributed by atoms with Gasteiger partial charge in [0.25, 0.3) is 5.91 Å². The quantitative estimate of drug-likeness (QED) is 0.284. The predicted molar refractivity (Wildman–Crippen MR) is 156 cm³/mol.